The molecule has 0 saturated carbocycles. The van der Waals surface area contributed by atoms with Gasteiger partial charge < -0.3 is 14.4 Å². The fraction of sp³-hybridized carbons (Fsp3) is 0.385. The highest BCUT2D eigenvalue weighted by Gasteiger charge is 2.32. The molecule has 8 heteroatoms. The second-order valence-corrected chi connectivity index (χ2v) is 8.89. The molecular formula is C26H27F3N4O. The number of carbonyl (C=O) groups is 1. The lowest BCUT2D eigenvalue weighted by Gasteiger charge is -2.36. The third kappa shape index (κ3) is 4.41. The number of alkyl halides is 3. The van der Waals surface area contributed by atoms with Crippen molar-refractivity contribution in [2.45, 2.75) is 38.4 Å². The van der Waals surface area contributed by atoms with Crippen molar-refractivity contribution in [2.75, 3.05) is 31.1 Å². The van der Waals surface area contributed by atoms with Crippen LogP contribution in [0.5, 0.6) is 0 Å². The molecule has 5 rings (SSSR count). The molecule has 2 aliphatic heterocycles. The second kappa shape index (κ2) is 9.16. The van der Waals surface area contributed by atoms with Gasteiger partial charge in [0.05, 0.1) is 11.3 Å². The van der Waals surface area contributed by atoms with Crippen LogP contribution in [-0.2, 0) is 19.1 Å². The van der Waals surface area contributed by atoms with Crippen LogP contribution < -0.4 is 4.90 Å². The van der Waals surface area contributed by atoms with Gasteiger partial charge in [-0.25, -0.2) is 4.98 Å². The molecule has 0 N–H and O–H groups in total. The Kier molecular flexibility index (Phi) is 6.06. The number of benzene rings is 2. The zero-order chi connectivity index (χ0) is 23.7. The van der Waals surface area contributed by atoms with E-state index in [2.05, 4.69) is 4.57 Å². The summed E-state index contributed by atoms with van der Waals surface area (Å²) in [6.45, 7) is 2.70. The van der Waals surface area contributed by atoms with E-state index < -0.39 is 11.7 Å². The Bertz CT molecular complexity index is 1160. The zero-order valence-electron chi connectivity index (χ0n) is 18.9. The molecule has 1 aromatic heterocycles. The highest BCUT2D eigenvalue weighted by molar-refractivity contribution is 5.94. The molecule has 0 radical (unpaired) electrons. The molecule has 3 heterocycles. The number of hydrogen-bond acceptors (Lipinski definition) is 3. The first-order chi connectivity index (χ1) is 16.4. The quantitative estimate of drug-likeness (QED) is 0.527. The van der Waals surface area contributed by atoms with Gasteiger partial charge in [-0.2, -0.15) is 13.2 Å². The minimum Gasteiger partial charge on any atom is -0.368 e. The van der Waals surface area contributed by atoms with Crippen LogP contribution in [0.25, 0.3) is 11.4 Å². The van der Waals surface area contributed by atoms with E-state index in [0.717, 1.165) is 55.4 Å². The Morgan fingerprint density at radius 1 is 0.853 bits per heavy atom. The summed E-state index contributed by atoms with van der Waals surface area (Å²) in [6, 6.07) is 15.3. The van der Waals surface area contributed by atoms with Crippen molar-refractivity contribution >= 4 is 11.6 Å². The third-order valence-corrected chi connectivity index (χ3v) is 6.71. The monoisotopic (exact) mass is 468 g/mol. The SMILES string of the molecule is O=C(c1nc(-c2ccccc2)n2c1CCCCC2)N1CCN(c2cccc(C(F)(F)F)c2)CC1. The summed E-state index contributed by atoms with van der Waals surface area (Å²) in [5.74, 6) is 0.750. The topological polar surface area (TPSA) is 41.4 Å². The Morgan fingerprint density at radius 2 is 1.62 bits per heavy atom. The molecule has 178 valence electrons. The van der Waals surface area contributed by atoms with Crippen LogP contribution in [0.15, 0.2) is 54.6 Å². The minimum absolute atomic E-state index is 0.0866. The highest BCUT2D eigenvalue weighted by Crippen LogP contribution is 2.32. The van der Waals surface area contributed by atoms with Crippen LogP contribution >= 0.6 is 0 Å². The van der Waals surface area contributed by atoms with Gasteiger partial charge in [0.2, 0.25) is 0 Å². The van der Waals surface area contributed by atoms with Crippen molar-refractivity contribution in [3.05, 3.63) is 71.5 Å². The lowest BCUT2D eigenvalue weighted by Crippen LogP contribution is -2.49. The molecule has 0 unspecified atom stereocenters. The van der Waals surface area contributed by atoms with E-state index in [0.29, 0.717) is 37.6 Å². The smallest absolute Gasteiger partial charge is 0.368 e. The largest absolute Gasteiger partial charge is 0.416 e. The number of rotatable bonds is 3. The maximum Gasteiger partial charge on any atom is 0.416 e. The van der Waals surface area contributed by atoms with Gasteiger partial charge in [0.1, 0.15) is 11.5 Å². The standard InChI is InChI=1S/C26H27F3N4O/c27-26(28,29)20-10-7-11-21(18-20)31-14-16-32(17-15-31)25(34)23-22-12-5-2-6-13-33(22)24(30-23)19-8-3-1-4-9-19/h1,3-4,7-11,18H,2,5-6,12-17H2. The fourth-order valence-electron chi connectivity index (χ4n) is 4.90. The first kappa shape index (κ1) is 22.5. The molecule has 5 nitrogen and oxygen atoms in total. The minimum atomic E-state index is -4.37. The number of piperazine rings is 1. The summed E-state index contributed by atoms with van der Waals surface area (Å²) in [7, 11) is 0. The van der Waals surface area contributed by atoms with Gasteiger partial charge in [-0.3, -0.25) is 4.79 Å². The Hall–Kier alpha value is -3.29. The summed E-state index contributed by atoms with van der Waals surface area (Å²) in [4.78, 5) is 22.1. The Labute approximate surface area is 196 Å². The van der Waals surface area contributed by atoms with E-state index >= 15 is 0 Å². The molecule has 3 aromatic rings. The number of halogens is 3. The maximum absolute atomic E-state index is 13.5. The van der Waals surface area contributed by atoms with E-state index in [1.54, 1.807) is 11.0 Å². The number of aromatic nitrogens is 2. The number of amides is 1. The number of hydrogen-bond donors (Lipinski definition) is 0. The Morgan fingerprint density at radius 3 is 2.35 bits per heavy atom. The summed E-state index contributed by atoms with van der Waals surface area (Å²) in [5.41, 5.74) is 2.40. The first-order valence-corrected chi connectivity index (χ1v) is 11.8. The predicted octanol–water partition coefficient (Wildman–Crippen LogP) is 5.26. The van der Waals surface area contributed by atoms with Crippen molar-refractivity contribution in [1.29, 1.82) is 0 Å². The number of carbonyl (C=O) groups excluding carboxylic acids is 1. The van der Waals surface area contributed by atoms with E-state index in [1.165, 1.54) is 12.1 Å². The zero-order valence-corrected chi connectivity index (χ0v) is 18.9. The Balaban J connectivity index is 1.36. The summed E-state index contributed by atoms with van der Waals surface area (Å²) in [5, 5.41) is 0. The number of fused-ring (bicyclic) bond motifs is 1. The van der Waals surface area contributed by atoms with Gasteiger partial charge in [0.15, 0.2) is 0 Å². The number of nitrogens with zero attached hydrogens (tertiary/aromatic N) is 4. The van der Waals surface area contributed by atoms with Gasteiger partial charge in [-0.05, 0) is 37.5 Å². The van der Waals surface area contributed by atoms with Crippen LogP contribution in [0, 0.1) is 0 Å². The van der Waals surface area contributed by atoms with Crippen LogP contribution in [0.4, 0.5) is 18.9 Å². The second-order valence-electron chi connectivity index (χ2n) is 8.89. The van der Waals surface area contributed by atoms with E-state index in [4.69, 9.17) is 4.98 Å². The first-order valence-electron chi connectivity index (χ1n) is 11.8. The molecule has 0 bridgehead atoms. The molecule has 2 aromatic carbocycles. The molecule has 1 amide bonds. The van der Waals surface area contributed by atoms with Crippen LogP contribution in [0.3, 0.4) is 0 Å². The summed E-state index contributed by atoms with van der Waals surface area (Å²) < 4.78 is 41.5. The van der Waals surface area contributed by atoms with Crippen molar-refractivity contribution in [3.8, 4) is 11.4 Å². The van der Waals surface area contributed by atoms with Gasteiger partial charge >= 0.3 is 6.18 Å². The van der Waals surface area contributed by atoms with Gasteiger partial charge in [-0.15, -0.1) is 0 Å². The molecule has 0 aliphatic carbocycles. The molecule has 2 aliphatic rings. The molecule has 0 spiro atoms. The fourth-order valence-corrected chi connectivity index (χ4v) is 4.90. The summed E-state index contributed by atoms with van der Waals surface area (Å²) >= 11 is 0. The summed E-state index contributed by atoms with van der Waals surface area (Å²) in [6.07, 6.45) is -0.330. The average molecular weight is 469 g/mol. The molecule has 1 saturated heterocycles. The van der Waals surface area contributed by atoms with Gasteiger partial charge in [0.25, 0.3) is 5.91 Å². The van der Waals surface area contributed by atoms with Crippen molar-refractivity contribution in [2.24, 2.45) is 0 Å². The molecular weight excluding hydrogens is 441 g/mol. The van der Waals surface area contributed by atoms with Crippen LogP contribution in [0.2, 0.25) is 0 Å². The lowest BCUT2D eigenvalue weighted by atomic mass is 10.1. The lowest BCUT2D eigenvalue weighted by molar-refractivity contribution is -0.137. The van der Waals surface area contributed by atoms with Gasteiger partial charge in [0, 0.05) is 44.0 Å². The van der Waals surface area contributed by atoms with E-state index in [9.17, 15) is 18.0 Å². The normalized spacial score (nSPS) is 16.8. The van der Waals surface area contributed by atoms with Crippen molar-refractivity contribution in [1.82, 2.24) is 14.5 Å². The number of imidazole rings is 1. The number of anilines is 1. The highest BCUT2D eigenvalue weighted by atomic mass is 19.4. The molecule has 34 heavy (non-hydrogen) atoms. The average Bonchev–Trinajstić information content (AvgIpc) is 3.04. The molecule has 0 atom stereocenters. The van der Waals surface area contributed by atoms with E-state index in [-0.39, 0.29) is 5.91 Å². The molecule has 1 fully saturated rings. The van der Waals surface area contributed by atoms with Crippen molar-refractivity contribution < 1.29 is 18.0 Å². The van der Waals surface area contributed by atoms with Crippen LogP contribution in [0.1, 0.15) is 41.0 Å². The maximum atomic E-state index is 13.5. The van der Waals surface area contributed by atoms with Gasteiger partial charge in [-0.1, -0.05) is 42.8 Å². The third-order valence-electron chi connectivity index (χ3n) is 6.71. The van der Waals surface area contributed by atoms with E-state index in [1.807, 2.05) is 35.2 Å². The van der Waals surface area contributed by atoms with Crippen molar-refractivity contribution in [3.63, 3.8) is 0 Å². The predicted molar refractivity (Wildman–Crippen MR) is 125 cm³/mol. The van der Waals surface area contributed by atoms with Crippen LogP contribution in [-0.4, -0.2) is 46.5 Å².